The highest BCUT2D eigenvalue weighted by atomic mass is 16.5. The van der Waals surface area contributed by atoms with Gasteiger partial charge in [-0.3, -0.25) is 0 Å². The molecule has 45 heavy (non-hydrogen) atoms. The zero-order valence-corrected chi connectivity index (χ0v) is 24.1. The van der Waals surface area contributed by atoms with Crippen molar-refractivity contribution < 1.29 is 4.74 Å². The van der Waals surface area contributed by atoms with Gasteiger partial charge in [0.2, 0.25) is 0 Å². The summed E-state index contributed by atoms with van der Waals surface area (Å²) in [5.74, 6) is 2.31. The van der Waals surface area contributed by atoms with E-state index in [1.165, 1.54) is 27.2 Å². The molecule has 210 valence electrons. The summed E-state index contributed by atoms with van der Waals surface area (Å²) in [7, 11) is 0. The van der Waals surface area contributed by atoms with Crippen LogP contribution in [0.15, 0.2) is 146 Å². The molecule has 0 spiro atoms. The van der Waals surface area contributed by atoms with Gasteiger partial charge in [-0.05, 0) is 84.9 Å². The first kappa shape index (κ1) is 24.3. The highest BCUT2D eigenvalue weighted by Crippen LogP contribution is 2.45. The van der Waals surface area contributed by atoms with Crippen LogP contribution in [-0.2, 0) is 0 Å². The van der Waals surface area contributed by atoms with Crippen molar-refractivity contribution in [1.29, 1.82) is 0 Å². The Kier molecular flexibility index (Phi) is 4.93. The second kappa shape index (κ2) is 9.15. The van der Waals surface area contributed by atoms with Crippen molar-refractivity contribution in [3.63, 3.8) is 0 Å². The number of rotatable bonds is 3. The monoisotopic (exact) mass is 576 g/mol. The van der Waals surface area contributed by atoms with Gasteiger partial charge in [-0.2, -0.15) is 0 Å². The maximum atomic E-state index is 6.18. The van der Waals surface area contributed by atoms with Gasteiger partial charge < -0.3 is 13.9 Å². The fourth-order valence-electron chi connectivity index (χ4n) is 6.88. The summed E-state index contributed by atoms with van der Waals surface area (Å²) in [6.45, 7) is 0. The number of hydrogen-bond donors (Lipinski definition) is 0. The predicted octanol–water partition coefficient (Wildman–Crippen LogP) is 10.1. The van der Waals surface area contributed by atoms with E-state index in [-0.39, 0.29) is 0 Å². The third-order valence-corrected chi connectivity index (χ3v) is 8.95. The first-order chi connectivity index (χ1) is 22.3. The molecule has 0 radical (unpaired) electrons. The summed E-state index contributed by atoms with van der Waals surface area (Å²) in [6, 6.07) is 48.7. The number of nitrogens with zero attached hydrogens (tertiary/aromatic N) is 4. The smallest absolute Gasteiger partial charge is 0.160 e. The maximum Gasteiger partial charge on any atom is 0.160 e. The Balaban J connectivity index is 1.11. The van der Waals surface area contributed by atoms with E-state index in [0.29, 0.717) is 5.82 Å². The van der Waals surface area contributed by atoms with Crippen LogP contribution >= 0.6 is 0 Å². The minimum Gasteiger partial charge on any atom is -0.456 e. The van der Waals surface area contributed by atoms with Gasteiger partial charge in [-0.15, -0.1) is 0 Å². The van der Waals surface area contributed by atoms with Crippen molar-refractivity contribution in [1.82, 2.24) is 19.1 Å². The summed E-state index contributed by atoms with van der Waals surface area (Å²) < 4.78 is 10.8. The average Bonchev–Trinajstić information content (AvgIpc) is 3.66. The van der Waals surface area contributed by atoms with E-state index in [9.17, 15) is 0 Å². The van der Waals surface area contributed by atoms with Crippen LogP contribution in [-0.4, -0.2) is 19.1 Å². The lowest BCUT2D eigenvalue weighted by Gasteiger charge is -2.20. The molecule has 0 saturated carbocycles. The lowest BCUT2D eigenvalue weighted by molar-refractivity contribution is 0.486. The minimum absolute atomic E-state index is 0.698. The van der Waals surface area contributed by atoms with Crippen LogP contribution < -0.4 is 4.74 Å². The second-order valence-electron chi connectivity index (χ2n) is 11.5. The summed E-state index contributed by atoms with van der Waals surface area (Å²) in [5.41, 5.74) is 9.53. The van der Waals surface area contributed by atoms with Crippen molar-refractivity contribution in [2.24, 2.45) is 0 Å². The summed E-state index contributed by atoms with van der Waals surface area (Å²) in [6.07, 6.45) is 2.16. The fourth-order valence-corrected chi connectivity index (χ4v) is 6.88. The molecule has 4 heterocycles. The van der Waals surface area contributed by atoms with E-state index < -0.39 is 0 Å². The summed E-state index contributed by atoms with van der Waals surface area (Å²) in [5, 5.41) is 4.67. The first-order valence-electron chi connectivity index (χ1n) is 15.1. The third kappa shape index (κ3) is 3.55. The number of benzene rings is 6. The van der Waals surface area contributed by atoms with E-state index in [4.69, 9.17) is 14.7 Å². The normalized spacial score (nSPS) is 12.2. The molecule has 3 aromatic heterocycles. The van der Waals surface area contributed by atoms with E-state index in [0.717, 1.165) is 56.1 Å². The number of ether oxygens (including phenoxy) is 1. The zero-order valence-electron chi connectivity index (χ0n) is 24.1. The highest BCUT2D eigenvalue weighted by molar-refractivity contribution is 6.13. The molecule has 0 N–H and O–H groups in total. The molecule has 10 rings (SSSR count). The third-order valence-electron chi connectivity index (χ3n) is 8.95. The molecule has 0 bridgehead atoms. The van der Waals surface area contributed by atoms with Gasteiger partial charge in [0.15, 0.2) is 5.82 Å². The number of hydrogen-bond acceptors (Lipinski definition) is 3. The van der Waals surface area contributed by atoms with Crippen LogP contribution in [0.3, 0.4) is 0 Å². The van der Waals surface area contributed by atoms with E-state index >= 15 is 0 Å². The molecule has 5 heteroatoms. The van der Waals surface area contributed by atoms with E-state index in [2.05, 4.69) is 118 Å². The maximum absolute atomic E-state index is 6.18. The quantitative estimate of drug-likeness (QED) is 0.210. The largest absolute Gasteiger partial charge is 0.456 e. The van der Waals surface area contributed by atoms with E-state index in [1.807, 2.05) is 36.4 Å². The van der Waals surface area contributed by atoms with Crippen LogP contribution in [0.1, 0.15) is 0 Å². The van der Waals surface area contributed by atoms with Crippen LogP contribution in [0.5, 0.6) is 11.5 Å². The highest BCUT2D eigenvalue weighted by Gasteiger charge is 2.23. The number of fused-ring (bicyclic) bond motifs is 6. The van der Waals surface area contributed by atoms with Gasteiger partial charge in [-0.25, -0.2) is 9.97 Å². The van der Waals surface area contributed by atoms with Gasteiger partial charge in [0.1, 0.15) is 11.5 Å². The van der Waals surface area contributed by atoms with Gasteiger partial charge >= 0.3 is 0 Å². The number of aromatic nitrogens is 4. The van der Waals surface area contributed by atoms with Crippen molar-refractivity contribution >= 4 is 43.6 Å². The molecule has 5 nitrogen and oxygen atoms in total. The summed E-state index contributed by atoms with van der Waals surface area (Å²) in [4.78, 5) is 10.0. The van der Waals surface area contributed by atoms with Gasteiger partial charge in [0.05, 0.1) is 33.1 Å². The molecular formula is C40H24N4O. The lowest BCUT2D eigenvalue weighted by atomic mass is 10.0. The molecular weight excluding hydrogens is 552 g/mol. The Morgan fingerprint density at radius 1 is 0.533 bits per heavy atom. The standard InChI is InChI=1S/C40H24N4O/c1-2-9-28(10-3-1)44-33-14-6-4-11-29(33)31-23-26-21-22-43(34(26)24-35(31)44)27-19-17-25(18-20-27)40-41-32-13-8-16-37-38(32)39(42-40)30-12-5-7-15-36(30)45-37/h1-24H. The van der Waals surface area contributed by atoms with Crippen LogP contribution in [0, 0.1) is 0 Å². The Labute approximate surface area is 258 Å². The Hall–Kier alpha value is -6.20. The zero-order chi connectivity index (χ0) is 29.5. The Morgan fingerprint density at radius 3 is 2.24 bits per heavy atom. The minimum atomic E-state index is 0.698. The van der Waals surface area contributed by atoms with Crippen LogP contribution in [0.4, 0.5) is 0 Å². The average molecular weight is 577 g/mol. The first-order valence-corrected chi connectivity index (χ1v) is 15.1. The van der Waals surface area contributed by atoms with Crippen molar-refractivity contribution in [3.05, 3.63) is 146 Å². The van der Waals surface area contributed by atoms with Gasteiger partial charge in [0, 0.05) is 44.9 Å². The van der Waals surface area contributed by atoms with Crippen molar-refractivity contribution in [2.75, 3.05) is 0 Å². The van der Waals surface area contributed by atoms with Crippen molar-refractivity contribution in [3.8, 4) is 45.5 Å². The van der Waals surface area contributed by atoms with Crippen molar-refractivity contribution in [2.45, 2.75) is 0 Å². The lowest BCUT2D eigenvalue weighted by Crippen LogP contribution is -2.02. The van der Waals surface area contributed by atoms with Gasteiger partial charge in [-0.1, -0.05) is 54.6 Å². The summed E-state index contributed by atoms with van der Waals surface area (Å²) >= 11 is 0. The molecule has 0 amide bonds. The topological polar surface area (TPSA) is 44.9 Å². The Bertz CT molecular complexity index is 2610. The second-order valence-corrected chi connectivity index (χ2v) is 11.5. The Morgan fingerprint density at radius 2 is 1.33 bits per heavy atom. The van der Waals surface area contributed by atoms with Crippen LogP contribution in [0.25, 0.3) is 77.6 Å². The molecule has 1 aliphatic rings. The molecule has 0 unspecified atom stereocenters. The predicted molar refractivity (Wildman–Crippen MR) is 182 cm³/mol. The molecule has 0 saturated heterocycles. The molecule has 6 aromatic carbocycles. The SMILES string of the molecule is c1ccc(-n2c3ccccc3c3cc4ccn(-c5ccc(-c6nc7c8c(cccc8n6)Oc6ccccc6-7)cc5)c4cc32)cc1. The molecule has 0 aliphatic carbocycles. The molecule has 0 fully saturated rings. The molecule has 9 aromatic rings. The van der Waals surface area contributed by atoms with Gasteiger partial charge in [0.25, 0.3) is 0 Å². The van der Waals surface area contributed by atoms with Crippen LogP contribution in [0.2, 0.25) is 0 Å². The van der Waals surface area contributed by atoms with E-state index in [1.54, 1.807) is 0 Å². The fraction of sp³-hybridized carbons (Fsp3) is 0. The number of para-hydroxylation sites is 3. The molecule has 1 aliphatic heterocycles. The molecule has 0 atom stereocenters.